The Labute approximate surface area is 77.0 Å². The van der Waals surface area contributed by atoms with E-state index in [1.54, 1.807) is 6.20 Å². The van der Waals surface area contributed by atoms with Crippen LogP contribution in [0.5, 0.6) is 0 Å². The number of aliphatic hydroxyl groups is 1. The Balaban J connectivity index is 2.21. The van der Waals surface area contributed by atoms with Crippen LogP contribution < -0.4 is 10.6 Å². The summed E-state index contributed by atoms with van der Waals surface area (Å²) in [5.74, 6) is 0.791. The lowest BCUT2D eigenvalue weighted by molar-refractivity contribution is 0.198. The Morgan fingerprint density at radius 3 is 3.08 bits per heavy atom. The monoisotopic (exact) mass is 179 g/mol. The average molecular weight is 179 g/mol. The minimum Gasteiger partial charge on any atom is -0.396 e. The van der Waals surface area contributed by atoms with E-state index in [-0.39, 0.29) is 6.10 Å². The second-order valence-electron chi connectivity index (χ2n) is 3.30. The topological polar surface area (TPSA) is 62.4 Å². The van der Waals surface area contributed by atoms with Crippen LogP contribution in [0.2, 0.25) is 0 Å². The lowest BCUT2D eigenvalue weighted by Crippen LogP contribution is -2.23. The third-order valence-electron chi connectivity index (χ3n) is 2.28. The first-order valence-corrected chi connectivity index (χ1v) is 4.41. The molecule has 13 heavy (non-hydrogen) atoms. The summed E-state index contributed by atoms with van der Waals surface area (Å²) in [4.78, 5) is 6.20. The van der Waals surface area contributed by atoms with Crippen LogP contribution in [0.4, 0.5) is 11.5 Å². The van der Waals surface area contributed by atoms with Crippen LogP contribution in [-0.2, 0) is 0 Å². The Hall–Kier alpha value is -1.29. The molecule has 3 N–H and O–H groups in total. The number of aromatic nitrogens is 1. The Morgan fingerprint density at radius 1 is 1.62 bits per heavy atom. The summed E-state index contributed by atoms with van der Waals surface area (Å²) in [7, 11) is 0. The van der Waals surface area contributed by atoms with E-state index in [1.807, 2.05) is 17.0 Å². The third kappa shape index (κ3) is 1.58. The molecule has 0 unspecified atom stereocenters. The van der Waals surface area contributed by atoms with Gasteiger partial charge in [-0.2, -0.15) is 0 Å². The van der Waals surface area contributed by atoms with Gasteiger partial charge in [0.1, 0.15) is 0 Å². The standard InChI is InChI=1S/C9H13N3O/c10-8-2-1-4-11-9(8)12-5-3-7(13)6-12/h1-2,4,7,13H,3,5-6,10H2/t7-/m0/s1. The summed E-state index contributed by atoms with van der Waals surface area (Å²) in [5, 5.41) is 9.34. The molecular weight excluding hydrogens is 166 g/mol. The van der Waals surface area contributed by atoms with Gasteiger partial charge in [-0.15, -0.1) is 0 Å². The number of rotatable bonds is 1. The van der Waals surface area contributed by atoms with E-state index >= 15 is 0 Å². The van der Waals surface area contributed by atoms with Gasteiger partial charge in [-0.3, -0.25) is 0 Å². The SMILES string of the molecule is Nc1cccnc1N1CC[C@H](O)C1. The van der Waals surface area contributed by atoms with Crippen molar-refractivity contribution in [2.24, 2.45) is 0 Å². The molecule has 0 saturated carbocycles. The number of β-amino-alcohol motifs (C(OH)–C–C–N with tert-alkyl or cyclic N) is 1. The van der Waals surface area contributed by atoms with Gasteiger partial charge in [0.25, 0.3) is 0 Å². The quantitative estimate of drug-likeness (QED) is 0.648. The second-order valence-corrected chi connectivity index (χ2v) is 3.30. The van der Waals surface area contributed by atoms with E-state index in [4.69, 9.17) is 5.73 Å². The van der Waals surface area contributed by atoms with Crippen molar-refractivity contribution in [2.75, 3.05) is 23.7 Å². The van der Waals surface area contributed by atoms with Gasteiger partial charge in [0.2, 0.25) is 0 Å². The van der Waals surface area contributed by atoms with E-state index in [0.29, 0.717) is 12.2 Å². The van der Waals surface area contributed by atoms with Crippen molar-refractivity contribution in [1.29, 1.82) is 0 Å². The fraction of sp³-hybridized carbons (Fsp3) is 0.444. The molecule has 2 heterocycles. The predicted molar refractivity (Wildman–Crippen MR) is 51.5 cm³/mol. The van der Waals surface area contributed by atoms with Crippen molar-refractivity contribution < 1.29 is 5.11 Å². The Kier molecular flexibility index (Phi) is 2.06. The van der Waals surface area contributed by atoms with Crippen molar-refractivity contribution in [3.63, 3.8) is 0 Å². The lowest BCUT2D eigenvalue weighted by atomic mass is 10.3. The van der Waals surface area contributed by atoms with Gasteiger partial charge in [-0.05, 0) is 18.6 Å². The van der Waals surface area contributed by atoms with Crippen molar-refractivity contribution in [1.82, 2.24) is 4.98 Å². The average Bonchev–Trinajstić information content (AvgIpc) is 2.53. The summed E-state index contributed by atoms with van der Waals surface area (Å²) >= 11 is 0. The number of hydrogen-bond acceptors (Lipinski definition) is 4. The van der Waals surface area contributed by atoms with Crippen LogP contribution in [0.1, 0.15) is 6.42 Å². The zero-order valence-electron chi connectivity index (χ0n) is 7.35. The molecule has 0 bridgehead atoms. The molecule has 1 aromatic heterocycles. The van der Waals surface area contributed by atoms with Crippen molar-refractivity contribution in [2.45, 2.75) is 12.5 Å². The van der Waals surface area contributed by atoms with E-state index in [0.717, 1.165) is 18.8 Å². The molecule has 1 saturated heterocycles. The number of anilines is 2. The smallest absolute Gasteiger partial charge is 0.151 e. The van der Waals surface area contributed by atoms with Crippen LogP contribution in [0.3, 0.4) is 0 Å². The van der Waals surface area contributed by atoms with Crippen molar-refractivity contribution >= 4 is 11.5 Å². The second kappa shape index (κ2) is 3.22. The molecule has 1 aliphatic rings. The third-order valence-corrected chi connectivity index (χ3v) is 2.28. The van der Waals surface area contributed by atoms with E-state index in [2.05, 4.69) is 4.98 Å². The minimum atomic E-state index is -0.235. The van der Waals surface area contributed by atoms with Crippen LogP contribution >= 0.6 is 0 Å². The van der Waals surface area contributed by atoms with Crippen LogP contribution in [-0.4, -0.2) is 29.3 Å². The maximum Gasteiger partial charge on any atom is 0.151 e. The van der Waals surface area contributed by atoms with Crippen LogP contribution in [0.15, 0.2) is 18.3 Å². The molecule has 4 heteroatoms. The van der Waals surface area contributed by atoms with Gasteiger partial charge in [-0.25, -0.2) is 4.98 Å². The largest absolute Gasteiger partial charge is 0.396 e. The van der Waals surface area contributed by atoms with Gasteiger partial charge in [0.15, 0.2) is 5.82 Å². The summed E-state index contributed by atoms with van der Waals surface area (Å²) in [6.07, 6.45) is 2.29. The molecule has 4 nitrogen and oxygen atoms in total. The number of aliphatic hydroxyl groups excluding tert-OH is 1. The summed E-state index contributed by atoms with van der Waals surface area (Å²) in [6.45, 7) is 1.48. The number of hydrogen-bond donors (Lipinski definition) is 2. The van der Waals surface area contributed by atoms with Crippen LogP contribution in [0.25, 0.3) is 0 Å². The summed E-state index contributed by atoms with van der Waals surface area (Å²) < 4.78 is 0. The highest BCUT2D eigenvalue weighted by Gasteiger charge is 2.22. The zero-order chi connectivity index (χ0) is 9.26. The molecule has 0 spiro atoms. The molecule has 0 aromatic carbocycles. The van der Waals surface area contributed by atoms with Gasteiger partial charge < -0.3 is 15.7 Å². The molecule has 0 amide bonds. The minimum absolute atomic E-state index is 0.235. The normalized spacial score (nSPS) is 22.2. The highest BCUT2D eigenvalue weighted by atomic mass is 16.3. The number of nitrogens with two attached hydrogens (primary N) is 1. The van der Waals surface area contributed by atoms with Gasteiger partial charge in [-0.1, -0.05) is 0 Å². The maximum absolute atomic E-state index is 9.34. The van der Waals surface area contributed by atoms with Gasteiger partial charge in [0.05, 0.1) is 11.8 Å². The molecule has 2 rings (SSSR count). The first-order chi connectivity index (χ1) is 6.27. The van der Waals surface area contributed by atoms with Crippen LogP contribution in [0, 0.1) is 0 Å². The van der Waals surface area contributed by atoms with E-state index in [9.17, 15) is 5.11 Å². The highest BCUT2D eigenvalue weighted by Crippen LogP contribution is 2.23. The van der Waals surface area contributed by atoms with Crippen molar-refractivity contribution in [3.05, 3.63) is 18.3 Å². The zero-order valence-corrected chi connectivity index (χ0v) is 7.35. The first kappa shape index (κ1) is 8.31. The first-order valence-electron chi connectivity index (χ1n) is 4.41. The molecule has 1 fully saturated rings. The predicted octanol–water partition coefficient (Wildman–Crippen LogP) is 0.235. The fourth-order valence-corrected chi connectivity index (χ4v) is 1.61. The molecule has 1 atom stereocenters. The fourth-order valence-electron chi connectivity index (χ4n) is 1.61. The number of nitrogen functional groups attached to an aromatic ring is 1. The molecular formula is C9H13N3O. The Bertz CT molecular complexity index is 303. The van der Waals surface area contributed by atoms with E-state index < -0.39 is 0 Å². The number of nitrogens with zero attached hydrogens (tertiary/aromatic N) is 2. The molecule has 1 aromatic rings. The Morgan fingerprint density at radius 2 is 2.46 bits per heavy atom. The van der Waals surface area contributed by atoms with Gasteiger partial charge >= 0.3 is 0 Å². The molecule has 70 valence electrons. The maximum atomic E-state index is 9.34. The highest BCUT2D eigenvalue weighted by molar-refractivity contribution is 5.62. The lowest BCUT2D eigenvalue weighted by Gasteiger charge is -2.17. The molecule has 0 aliphatic carbocycles. The van der Waals surface area contributed by atoms with Crippen molar-refractivity contribution in [3.8, 4) is 0 Å². The number of pyridine rings is 1. The van der Waals surface area contributed by atoms with E-state index in [1.165, 1.54) is 0 Å². The summed E-state index contributed by atoms with van der Waals surface area (Å²) in [5.41, 5.74) is 6.44. The van der Waals surface area contributed by atoms with Gasteiger partial charge in [0, 0.05) is 19.3 Å². The molecule has 0 radical (unpaired) electrons. The molecule has 1 aliphatic heterocycles. The summed E-state index contributed by atoms with van der Waals surface area (Å²) in [6, 6.07) is 3.64.